The fourth-order valence-electron chi connectivity index (χ4n) is 5.74. The topological polar surface area (TPSA) is 44.8 Å². The number of ether oxygens (including phenoxy) is 2. The Labute approximate surface area is 215 Å². The van der Waals surface area contributed by atoms with E-state index in [1.165, 1.54) is 23.0 Å². The van der Waals surface area contributed by atoms with Gasteiger partial charge in [-0.15, -0.1) is 0 Å². The van der Waals surface area contributed by atoms with Crippen molar-refractivity contribution in [3.05, 3.63) is 53.6 Å². The number of para-hydroxylation sites is 1. The number of methoxy groups -OCH3 is 2. The van der Waals surface area contributed by atoms with Crippen LogP contribution < -0.4 is 15.1 Å². The number of hydrogen-bond donors (Lipinski definition) is 0. The highest BCUT2D eigenvalue weighted by Gasteiger charge is 2.45. The van der Waals surface area contributed by atoms with Crippen LogP contribution in [0.4, 0.5) is 0 Å². The third-order valence-corrected chi connectivity index (χ3v) is 17.2. The van der Waals surface area contributed by atoms with E-state index in [1.54, 1.807) is 7.11 Å². The highest BCUT2D eigenvalue weighted by molar-refractivity contribution is 7.01. The van der Waals surface area contributed by atoms with Gasteiger partial charge in [0.1, 0.15) is 13.8 Å². The number of benzene rings is 2. The molecule has 0 heterocycles. The van der Waals surface area contributed by atoms with Crippen LogP contribution in [0.1, 0.15) is 59.1 Å². The first kappa shape index (κ1) is 29.3. The SMILES string of the molecule is COC(=O)CCc1cccc([Si](C)(C)c2ccc(CO[Si](C(C)C)(C(C)C)C(C)C)cc2)c1OC. The van der Waals surface area contributed by atoms with Crippen LogP contribution in [-0.4, -0.2) is 36.6 Å². The molecule has 0 amide bonds. The average Bonchev–Trinajstić information content (AvgIpc) is 2.82. The Bertz CT molecular complexity index is 943. The lowest BCUT2D eigenvalue weighted by atomic mass is 10.1. The van der Waals surface area contributed by atoms with Crippen LogP contribution in [0, 0.1) is 0 Å². The molecule has 0 saturated carbocycles. The van der Waals surface area contributed by atoms with E-state index in [2.05, 4.69) is 91.0 Å². The first-order chi connectivity index (χ1) is 16.4. The van der Waals surface area contributed by atoms with Crippen molar-refractivity contribution in [2.24, 2.45) is 0 Å². The fourth-order valence-corrected chi connectivity index (χ4v) is 13.8. The summed E-state index contributed by atoms with van der Waals surface area (Å²) in [6.45, 7) is 19.4. The first-order valence-corrected chi connectivity index (χ1v) is 18.0. The highest BCUT2D eigenvalue weighted by atomic mass is 28.4. The number of carbonyl (C=O) groups excluding carboxylic acids is 1. The van der Waals surface area contributed by atoms with Crippen LogP contribution >= 0.6 is 0 Å². The Balaban J connectivity index is 2.29. The number of aryl methyl sites for hydroxylation is 1. The molecule has 35 heavy (non-hydrogen) atoms. The summed E-state index contributed by atoms with van der Waals surface area (Å²) >= 11 is 0. The summed E-state index contributed by atoms with van der Waals surface area (Å²) in [5.74, 6) is 0.702. The van der Waals surface area contributed by atoms with Gasteiger partial charge in [-0.25, -0.2) is 0 Å². The molecule has 4 nitrogen and oxygen atoms in total. The average molecular weight is 515 g/mol. The van der Waals surface area contributed by atoms with Crippen molar-refractivity contribution in [2.75, 3.05) is 14.2 Å². The number of rotatable bonds is 12. The van der Waals surface area contributed by atoms with Gasteiger partial charge in [0.25, 0.3) is 0 Å². The van der Waals surface area contributed by atoms with E-state index in [0.29, 0.717) is 36.1 Å². The van der Waals surface area contributed by atoms with Gasteiger partial charge >= 0.3 is 5.97 Å². The molecule has 0 radical (unpaired) electrons. The van der Waals surface area contributed by atoms with Crippen LogP contribution in [-0.2, 0) is 27.0 Å². The lowest BCUT2D eigenvalue weighted by Crippen LogP contribution is -2.53. The highest BCUT2D eigenvalue weighted by Crippen LogP contribution is 2.42. The van der Waals surface area contributed by atoms with E-state index in [0.717, 1.165) is 11.3 Å². The Hall–Kier alpha value is -1.90. The van der Waals surface area contributed by atoms with Gasteiger partial charge < -0.3 is 13.9 Å². The van der Waals surface area contributed by atoms with Crippen molar-refractivity contribution in [2.45, 2.75) is 90.7 Å². The maximum absolute atomic E-state index is 11.7. The van der Waals surface area contributed by atoms with Gasteiger partial charge in [0, 0.05) is 6.42 Å². The van der Waals surface area contributed by atoms with E-state index in [1.807, 2.05) is 6.07 Å². The molecule has 0 aromatic heterocycles. The minimum Gasteiger partial charge on any atom is -0.497 e. The first-order valence-electron chi connectivity index (χ1n) is 12.9. The molecule has 6 heteroatoms. The Kier molecular flexibility index (Phi) is 10.4. The zero-order valence-electron chi connectivity index (χ0n) is 23.5. The van der Waals surface area contributed by atoms with Crippen molar-refractivity contribution in [1.82, 2.24) is 0 Å². The summed E-state index contributed by atoms with van der Waals surface area (Å²) in [6, 6.07) is 15.3. The van der Waals surface area contributed by atoms with Gasteiger partial charge in [0.2, 0.25) is 8.32 Å². The molecule has 194 valence electrons. The van der Waals surface area contributed by atoms with Crippen molar-refractivity contribution in [1.29, 1.82) is 0 Å². The monoisotopic (exact) mass is 514 g/mol. The van der Waals surface area contributed by atoms with Gasteiger partial charge in [0.15, 0.2) is 0 Å². The van der Waals surface area contributed by atoms with E-state index < -0.39 is 16.4 Å². The van der Waals surface area contributed by atoms with Crippen LogP contribution in [0.2, 0.25) is 29.7 Å². The molecular formula is C29H46O4Si2. The maximum Gasteiger partial charge on any atom is 0.305 e. The van der Waals surface area contributed by atoms with Gasteiger partial charge in [-0.3, -0.25) is 4.79 Å². The zero-order chi connectivity index (χ0) is 26.4. The van der Waals surface area contributed by atoms with E-state index in [4.69, 9.17) is 13.9 Å². The molecule has 0 aliphatic carbocycles. The summed E-state index contributed by atoms with van der Waals surface area (Å²) in [5, 5.41) is 2.60. The smallest absolute Gasteiger partial charge is 0.305 e. The molecule has 2 rings (SSSR count). The van der Waals surface area contributed by atoms with Crippen LogP contribution in [0.5, 0.6) is 5.75 Å². The second kappa shape index (κ2) is 12.4. The number of esters is 1. The van der Waals surface area contributed by atoms with Gasteiger partial charge in [-0.1, -0.05) is 102 Å². The minimum absolute atomic E-state index is 0.203. The number of hydrogen-bond acceptors (Lipinski definition) is 4. The van der Waals surface area contributed by atoms with Gasteiger partial charge in [0.05, 0.1) is 20.8 Å². The Morgan fingerprint density at radius 3 is 1.91 bits per heavy atom. The summed E-state index contributed by atoms with van der Waals surface area (Å²) in [7, 11) is -0.768. The predicted molar refractivity (Wildman–Crippen MR) is 152 cm³/mol. The third kappa shape index (κ3) is 6.46. The van der Waals surface area contributed by atoms with Crippen molar-refractivity contribution >= 4 is 32.7 Å². The standard InChI is InChI=1S/C29H46O4Si2/c1-21(2)35(22(3)4,23(5)6)33-20-24-14-17-26(18-15-24)34(9,10)27-13-11-12-25(29(27)32-8)16-19-28(30)31-7/h11-15,17-18,21-23H,16,19-20H2,1-10H3. The van der Waals surface area contributed by atoms with Gasteiger partial charge in [-0.2, -0.15) is 0 Å². The second-order valence-corrected chi connectivity index (χ2v) is 20.8. The zero-order valence-corrected chi connectivity index (χ0v) is 25.5. The molecule has 0 fully saturated rings. The summed E-state index contributed by atoms with van der Waals surface area (Å²) in [6.07, 6.45) is 0.957. The molecule has 0 N–H and O–H groups in total. The minimum atomic E-state index is -2.03. The quantitative estimate of drug-likeness (QED) is 0.246. The lowest BCUT2D eigenvalue weighted by Gasteiger charge is -2.42. The van der Waals surface area contributed by atoms with E-state index in [-0.39, 0.29) is 5.97 Å². The van der Waals surface area contributed by atoms with E-state index in [9.17, 15) is 4.79 Å². The molecule has 2 aromatic carbocycles. The summed E-state index contributed by atoms with van der Waals surface area (Å²) in [4.78, 5) is 11.7. The molecule has 0 unspecified atom stereocenters. The second-order valence-electron chi connectivity index (χ2n) is 11.0. The molecule has 0 atom stereocenters. The summed E-state index contributed by atoms with van der Waals surface area (Å²) < 4.78 is 17.5. The predicted octanol–water partition coefficient (Wildman–Crippen LogP) is 6.32. The Morgan fingerprint density at radius 2 is 1.43 bits per heavy atom. The van der Waals surface area contributed by atoms with Crippen LogP contribution in [0.3, 0.4) is 0 Å². The maximum atomic E-state index is 11.7. The van der Waals surface area contributed by atoms with Crippen molar-refractivity contribution in [3.8, 4) is 5.75 Å². The molecule has 2 aromatic rings. The molecule has 0 aliphatic heterocycles. The van der Waals surface area contributed by atoms with Gasteiger partial charge in [-0.05, 0) is 39.4 Å². The Morgan fingerprint density at radius 1 is 0.857 bits per heavy atom. The molecule has 0 saturated heterocycles. The van der Waals surface area contributed by atoms with Crippen molar-refractivity contribution < 1.29 is 18.7 Å². The molecular weight excluding hydrogens is 468 g/mol. The normalized spacial score (nSPS) is 12.5. The fraction of sp³-hybridized carbons (Fsp3) is 0.552. The largest absolute Gasteiger partial charge is 0.497 e. The number of carbonyl (C=O) groups is 1. The van der Waals surface area contributed by atoms with Crippen molar-refractivity contribution in [3.63, 3.8) is 0 Å². The summed E-state index contributed by atoms with van der Waals surface area (Å²) in [5.41, 5.74) is 4.01. The van der Waals surface area contributed by atoms with Crippen LogP contribution in [0.15, 0.2) is 42.5 Å². The lowest BCUT2D eigenvalue weighted by molar-refractivity contribution is -0.140. The molecule has 0 bridgehead atoms. The molecule has 0 spiro atoms. The van der Waals surface area contributed by atoms with E-state index >= 15 is 0 Å². The molecule has 0 aliphatic rings. The van der Waals surface area contributed by atoms with Crippen LogP contribution in [0.25, 0.3) is 0 Å². The third-order valence-electron chi connectivity index (χ3n) is 7.67.